The van der Waals surface area contributed by atoms with Crippen LogP contribution in [0.15, 0.2) is 42.5 Å². The highest BCUT2D eigenvalue weighted by atomic mass is 28.3. The van der Waals surface area contributed by atoms with Gasteiger partial charge in [-0.25, -0.2) is 0 Å². The Bertz CT molecular complexity index is 382. The summed E-state index contributed by atoms with van der Waals surface area (Å²) in [4.78, 5) is 0. The standard InChI is InChI=1S/C18H30Si/c1-18(2,15-16-19(3,4)5)14-10-9-13-17-11-7-6-8-12-17/h6-8,10-12,14H,9,13,15-16H2,1-5H3/b14-10+. The van der Waals surface area contributed by atoms with Crippen LogP contribution in [0.1, 0.15) is 32.3 Å². The fourth-order valence-electron chi connectivity index (χ4n) is 2.08. The normalized spacial score (nSPS) is 13.1. The highest BCUT2D eigenvalue weighted by Gasteiger charge is 2.19. The Hall–Kier alpha value is -0.823. The summed E-state index contributed by atoms with van der Waals surface area (Å²) in [5.74, 6) is 0. The van der Waals surface area contributed by atoms with Crippen molar-refractivity contribution in [3.8, 4) is 0 Å². The van der Waals surface area contributed by atoms with E-state index in [4.69, 9.17) is 0 Å². The van der Waals surface area contributed by atoms with Gasteiger partial charge in [0.15, 0.2) is 0 Å². The van der Waals surface area contributed by atoms with Gasteiger partial charge in [-0.2, -0.15) is 0 Å². The van der Waals surface area contributed by atoms with Gasteiger partial charge in [-0.15, -0.1) is 0 Å². The number of aryl methyl sites for hydroxylation is 1. The summed E-state index contributed by atoms with van der Waals surface area (Å²) in [6.07, 6.45) is 8.43. The minimum atomic E-state index is -0.901. The predicted octanol–water partition coefficient (Wildman–Crippen LogP) is 5.93. The van der Waals surface area contributed by atoms with E-state index in [0.717, 1.165) is 12.8 Å². The van der Waals surface area contributed by atoms with E-state index in [9.17, 15) is 0 Å². The molecular weight excluding hydrogens is 244 g/mol. The van der Waals surface area contributed by atoms with Gasteiger partial charge in [0.25, 0.3) is 0 Å². The summed E-state index contributed by atoms with van der Waals surface area (Å²) in [6.45, 7) is 12.1. The maximum absolute atomic E-state index is 2.46. The first-order chi connectivity index (χ1) is 8.79. The molecule has 0 bridgehead atoms. The Morgan fingerprint density at radius 2 is 1.68 bits per heavy atom. The molecule has 0 aliphatic rings. The maximum Gasteiger partial charge on any atom is 0.0443 e. The summed E-state index contributed by atoms with van der Waals surface area (Å²) in [6, 6.07) is 12.2. The third-order valence-electron chi connectivity index (χ3n) is 3.53. The lowest BCUT2D eigenvalue weighted by atomic mass is 9.89. The van der Waals surface area contributed by atoms with E-state index in [1.165, 1.54) is 18.0 Å². The summed E-state index contributed by atoms with van der Waals surface area (Å²) < 4.78 is 0. The fourth-order valence-corrected chi connectivity index (χ4v) is 3.47. The molecule has 0 atom stereocenters. The Balaban J connectivity index is 2.34. The van der Waals surface area contributed by atoms with E-state index in [1.807, 2.05) is 0 Å². The molecule has 0 aliphatic carbocycles. The molecule has 1 aromatic carbocycles. The van der Waals surface area contributed by atoms with E-state index in [0.29, 0.717) is 5.41 Å². The molecule has 0 saturated heterocycles. The van der Waals surface area contributed by atoms with Gasteiger partial charge < -0.3 is 0 Å². The average Bonchev–Trinajstić information content (AvgIpc) is 2.33. The molecule has 1 aromatic rings. The first-order valence-electron chi connectivity index (χ1n) is 7.50. The molecule has 0 spiro atoms. The van der Waals surface area contributed by atoms with Gasteiger partial charge in [0.2, 0.25) is 0 Å². The van der Waals surface area contributed by atoms with Crippen molar-refractivity contribution in [2.75, 3.05) is 0 Å². The van der Waals surface area contributed by atoms with Crippen molar-refractivity contribution in [1.29, 1.82) is 0 Å². The summed E-state index contributed by atoms with van der Waals surface area (Å²) in [7, 11) is -0.901. The monoisotopic (exact) mass is 274 g/mol. The highest BCUT2D eigenvalue weighted by Crippen LogP contribution is 2.28. The summed E-state index contributed by atoms with van der Waals surface area (Å²) in [5, 5.41) is 0. The molecule has 1 rings (SSSR count). The van der Waals surface area contributed by atoms with Gasteiger partial charge in [-0.05, 0) is 30.2 Å². The van der Waals surface area contributed by atoms with Crippen molar-refractivity contribution >= 4 is 8.07 Å². The van der Waals surface area contributed by atoms with Crippen LogP contribution < -0.4 is 0 Å². The Kier molecular flexibility index (Phi) is 6.06. The lowest BCUT2D eigenvalue weighted by Gasteiger charge is -2.25. The lowest BCUT2D eigenvalue weighted by Crippen LogP contribution is -2.22. The smallest absolute Gasteiger partial charge is 0.0443 e. The molecule has 0 unspecified atom stereocenters. The van der Waals surface area contributed by atoms with Crippen molar-refractivity contribution < 1.29 is 0 Å². The number of rotatable bonds is 7. The van der Waals surface area contributed by atoms with Gasteiger partial charge in [-0.3, -0.25) is 0 Å². The van der Waals surface area contributed by atoms with Crippen LogP contribution in [-0.4, -0.2) is 8.07 Å². The van der Waals surface area contributed by atoms with Gasteiger partial charge in [-0.1, -0.05) is 82.0 Å². The molecule has 0 aromatic heterocycles. The summed E-state index contributed by atoms with van der Waals surface area (Å²) in [5.41, 5.74) is 1.80. The van der Waals surface area contributed by atoms with Crippen LogP contribution in [0.25, 0.3) is 0 Å². The van der Waals surface area contributed by atoms with Crippen molar-refractivity contribution in [1.82, 2.24) is 0 Å². The predicted molar refractivity (Wildman–Crippen MR) is 90.5 cm³/mol. The molecule has 0 saturated carbocycles. The second-order valence-electron chi connectivity index (χ2n) is 7.48. The maximum atomic E-state index is 2.46. The van der Waals surface area contributed by atoms with Crippen molar-refractivity contribution in [2.24, 2.45) is 5.41 Å². The van der Waals surface area contributed by atoms with E-state index < -0.39 is 8.07 Å². The second-order valence-corrected chi connectivity index (χ2v) is 13.1. The molecule has 0 aliphatic heterocycles. The van der Waals surface area contributed by atoms with Crippen molar-refractivity contribution in [3.63, 3.8) is 0 Å². The third kappa shape index (κ3) is 8.04. The molecule has 0 nitrogen and oxygen atoms in total. The van der Waals surface area contributed by atoms with Crippen LogP contribution in [-0.2, 0) is 6.42 Å². The van der Waals surface area contributed by atoms with Gasteiger partial charge in [0.1, 0.15) is 0 Å². The van der Waals surface area contributed by atoms with Crippen molar-refractivity contribution in [2.45, 2.75) is 58.8 Å². The fraction of sp³-hybridized carbons (Fsp3) is 0.556. The first kappa shape index (κ1) is 16.2. The highest BCUT2D eigenvalue weighted by molar-refractivity contribution is 6.76. The molecule has 19 heavy (non-hydrogen) atoms. The van der Waals surface area contributed by atoms with Gasteiger partial charge >= 0.3 is 0 Å². The Labute approximate surface area is 121 Å². The topological polar surface area (TPSA) is 0 Å². The van der Waals surface area contributed by atoms with Crippen molar-refractivity contribution in [3.05, 3.63) is 48.0 Å². The number of benzene rings is 1. The van der Waals surface area contributed by atoms with Crippen LogP contribution in [0.4, 0.5) is 0 Å². The van der Waals surface area contributed by atoms with Crippen LogP contribution in [0.3, 0.4) is 0 Å². The van der Waals surface area contributed by atoms with Crippen LogP contribution in [0.2, 0.25) is 25.7 Å². The first-order valence-corrected chi connectivity index (χ1v) is 11.2. The molecule has 1 heteroatoms. The minimum absolute atomic E-state index is 0.358. The second kappa shape index (κ2) is 7.09. The SMILES string of the molecule is CC(C)(/C=C/CCc1ccccc1)CC[Si](C)(C)C. The molecule has 0 heterocycles. The van der Waals surface area contributed by atoms with Gasteiger partial charge in [0, 0.05) is 8.07 Å². The minimum Gasteiger partial charge on any atom is -0.0877 e. The Morgan fingerprint density at radius 3 is 2.26 bits per heavy atom. The molecular formula is C18H30Si. The largest absolute Gasteiger partial charge is 0.0877 e. The molecule has 0 radical (unpaired) electrons. The van der Waals surface area contributed by atoms with Crippen LogP contribution in [0.5, 0.6) is 0 Å². The van der Waals surface area contributed by atoms with E-state index in [2.05, 4.69) is 76.0 Å². The molecule has 106 valence electrons. The van der Waals surface area contributed by atoms with E-state index >= 15 is 0 Å². The molecule has 0 fully saturated rings. The summed E-state index contributed by atoms with van der Waals surface area (Å²) >= 11 is 0. The third-order valence-corrected chi connectivity index (χ3v) is 5.28. The number of hydrogen-bond donors (Lipinski definition) is 0. The molecule has 0 N–H and O–H groups in total. The average molecular weight is 275 g/mol. The zero-order valence-corrected chi connectivity index (χ0v) is 14.4. The zero-order valence-electron chi connectivity index (χ0n) is 13.4. The number of hydrogen-bond acceptors (Lipinski definition) is 0. The molecule has 0 amide bonds. The van der Waals surface area contributed by atoms with E-state index in [1.54, 1.807) is 0 Å². The van der Waals surface area contributed by atoms with E-state index in [-0.39, 0.29) is 0 Å². The van der Waals surface area contributed by atoms with Crippen LogP contribution in [0, 0.1) is 5.41 Å². The Morgan fingerprint density at radius 1 is 1.05 bits per heavy atom. The quantitative estimate of drug-likeness (QED) is 0.427. The van der Waals surface area contributed by atoms with Crippen LogP contribution >= 0.6 is 0 Å². The van der Waals surface area contributed by atoms with Gasteiger partial charge in [0.05, 0.1) is 0 Å². The lowest BCUT2D eigenvalue weighted by molar-refractivity contribution is 0.457. The zero-order chi connectivity index (χ0) is 14.4. The number of allylic oxidation sites excluding steroid dienone is 2.